The fourth-order valence-corrected chi connectivity index (χ4v) is 3.50. The van der Waals surface area contributed by atoms with Gasteiger partial charge in [0.15, 0.2) is 0 Å². The molecule has 1 aromatic carbocycles. The summed E-state index contributed by atoms with van der Waals surface area (Å²) in [6.45, 7) is 4.76. The first-order valence-electron chi connectivity index (χ1n) is 8.83. The van der Waals surface area contributed by atoms with Crippen LogP contribution in [0, 0.1) is 12.8 Å². The Morgan fingerprint density at radius 1 is 1.36 bits per heavy atom. The van der Waals surface area contributed by atoms with Crippen LogP contribution in [-0.4, -0.2) is 41.4 Å². The van der Waals surface area contributed by atoms with Crippen LogP contribution in [0.2, 0.25) is 0 Å². The molecule has 0 radical (unpaired) electrons. The molecule has 1 aliphatic heterocycles. The minimum Gasteiger partial charge on any atom is -0.475 e. The van der Waals surface area contributed by atoms with Gasteiger partial charge in [-0.15, -0.1) is 11.3 Å². The van der Waals surface area contributed by atoms with Gasteiger partial charge in [-0.1, -0.05) is 30.3 Å². The van der Waals surface area contributed by atoms with Crippen molar-refractivity contribution in [3.05, 3.63) is 52.0 Å². The summed E-state index contributed by atoms with van der Waals surface area (Å²) in [7, 11) is 0. The molecule has 154 valence electrons. The number of hydrogen-bond acceptors (Lipinski definition) is 5. The van der Waals surface area contributed by atoms with Crippen LogP contribution in [0.5, 0.6) is 0 Å². The molecule has 1 aromatic heterocycles. The van der Waals surface area contributed by atoms with Crippen LogP contribution in [0.25, 0.3) is 0 Å². The molecule has 1 fully saturated rings. The van der Waals surface area contributed by atoms with E-state index in [1.165, 1.54) is 5.56 Å². The number of piperidine rings is 1. The Morgan fingerprint density at radius 2 is 2.04 bits per heavy atom. The van der Waals surface area contributed by atoms with E-state index in [4.69, 9.17) is 14.6 Å². The van der Waals surface area contributed by atoms with Crippen LogP contribution in [0.15, 0.2) is 35.7 Å². The van der Waals surface area contributed by atoms with Gasteiger partial charge >= 0.3 is 12.1 Å². The Hall–Kier alpha value is -1.97. The number of benzene rings is 1. The minimum atomic E-state index is -5.08. The summed E-state index contributed by atoms with van der Waals surface area (Å²) >= 11 is 1.69. The first-order valence-corrected chi connectivity index (χ1v) is 9.71. The number of carbonyl (C=O) groups is 1. The van der Waals surface area contributed by atoms with E-state index in [1.54, 1.807) is 11.3 Å². The van der Waals surface area contributed by atoms with Gasteiger partial charge in [0.05, 0.1) is 23.4 Å². The van der Waals surface area contributed by atoms with Gasteiger partial charge in [-0.25, -0.2) is 9.78 Å². The summed E-state index contributed by atoms with van der Waals surface area (Å²) in [5, 5.41) is 13.8. The molecule has 9 heteroatoms. The van der Waals surface area contributed by atoms with Crippen LogP contribution in [0.4, 0.5) is 13.2 Å². The lowest BCUT2D eigenvalue weighted by Gasteiger charge is -2.32. The molecule has 2 aromatic rings. The zero-order valence-corrected chi connectivity index (χ0v) is 16.2. The molecule has 1 aliphatic rings. The maximum Gasteiger partial charge on any atom is 0.490 e. The molecular formula is C19H23F3N2O3S. The molecule has 0 bridgehead atoms. The zero-order valence-electron chi connectivity index (χ0n) is 15.4. The highest BCUT2D eigenvalue weighted by molar-refractivity contribution is 7.09. The number of aliphatic carboxylic acids is 1. The van der Waals surface area contributed by atoms with Gasteiger partial charge in [0.2, 0.25) is 0 Å². The third-order valence-electron chi connectivity index (χ3n) is 4.23. The van der Waals surface area contributed by atoms with Crippen LogP contribution in [-0.2, 0) is 22.6 Å². The third-order valence-corrected chi connectivity index (χ3v) is 5.06. The molecule has 0 amide bonds. The predicted octanol–water partition coefficient (Wildman–Crippen LogP) is 3.82. The van der Waals surface area contributed by atoms with Crippen molar-refractivity contribution in [2.75, 3.05) is 13.1 Å². The van der Waals surface area contributed by atoms with Gasteiger partial charge in [0, 0.05) is 17.8 Å². The highest BCUT2D eigenvalue weighted by atomic mass is 32.1. The average molecular weight is 416 g/mol. The number of nitrogens with zero attached hydrogens (tertiary/aromatic N) is 1. The molecule has 0 saturated carbocycles. The molecular weight excluding hydrogens is 393 g/mol. The molecule has 2 heterocycles. The first kappa shape index (κ1) is 22.3. The van der Waals surface area contributed by atoms with Crippen LogP contribution >= 0.6 is 11.3 Å². The molecule has 0 spiro atoms. The Balaban J connectivity index is 0.000000345. The number of rotatable bonds is 5. The van der Waals surface area contributed by atoms with Crippen molar-refractivity contribution in [3.8, 4) is 0 Å². The highest BCUT2D eigenvalue weighted by Gasteiger charge is 2.38. The van der Waals surface area contributed by atoms with Gasteiger partial charge in [0.1, 0.15) is 0 Å². The molecule has 5 nitrogen and oxygen atoms in total. The van der Waals surface area contributed by atoms with Crippen molar-refractivity contribution in [2.45, 2.75) is 38.7 Å². The topological polar surface area (TPSA) is 71.5 Å². The maximum atomic E-state index is 10.6. The number of alkyl halides is 3. The van der Waals surface area contributed by atoms with E-state index in [9.17, 15) is 13.2 Å². The van der Waals surface area contributed by atoms with Crippen LogP contribution < -0.4 is 5.32 Å². The summed E-state index contributed by atoms with van der Waals surface area (Å²) in [6.07, 6.45) is -2.59. The maximum absolute atomic E-state index is 10.6. The Morgan fingerprint density at radius 3 is 2.61 bits per heavy atom. The SMILES string of the molecule is Cc1nc(CO[C@H]2CCNC[C@@H]2Cc2ccccc2)cs1.O=C(O)C(F)(F)F. The summed E-state index contributed by atoms with van der Waals surface area (Å²) in [5.41, 5.74) is 2.46. The van der Waals surface area contributed by atoms with E-state index in [-0.39, 0.29) is 0 Å². The summed E-state index contributed by atoms with van der Waals surface area (Å²) in [5.74, 6) is -2.21. The second-order valence-corrected chi connectivity index (χ2v) is 7.52. The number of nitrogens with one attached hydrogen (secondary N) is 1. The van der Waals surface area contributed by atoms with Gasteiger partial charge < -0.3 is 15.2 Å². The van der Waals surface area contributed by atoms with Gasteiger partial charge in [-0.3, -0.25) is 0 Å². The van der Waals surface area contributed by atoms with Crippen molar-refractivity contribution in [2.24, 2.45) is 5.92 Å². The van der Waals surface area contributed by atoms with Crippen molar-refractivity contribution >= 4 is 17.3 Å². The van der Waals surface area contributed by atoms with Crippen molar-refractivity contribution in [3.63, 3.8) is 0 Å². The van der Waals surface area contributed by atoms with Crippen LogP contribution in [0.3, 0.4) is 0 Å². The zero-order chi connectivity index (χ0) is 20.6. The van der Waals surface area contributed by atoms with E-state index in [2.05, 4.69) is 46.0 Å². The summed E-state index contributed by atoms with van der Waals surface area (Å²) < 4.78 is 37.9. The Labute approximate surface area is 165 Å². The molecule has 28 heavy (non-hydrogen) atoms. The van der Waals surface area contributed by atoms with E-state index >= 15 is 0 Å². The van der Waals surface area contributed by atoms with Crippen LogP contribution in [0.1, 0.15) is 22.7 Å². The molecule has 1 saturated heterocycles. The number of carboxylic acid groups (broad SMARTS) is 1. The molecule has 2 atom stereocenters. The van der Waals surface area contributed by atoms with Crippen molar-refractivity contribution < 1.29 is 27.8 Å². The van der Waals surface area contributed by atoms with Crippen molar-refractivity contribution in [1.82, 2.24) is 10.3 Å². The number of aromatic nitrogens is 1. The third kappa shape index (κ3) is 7.57. The minimum absolute atomic E-state index is 0.327. The Kier molecular flexibility index (Phi) is 8.40. The quantitative estimate of drug-likeness (QED) is 0.775. The van der Waals surface area contributed by atoms with E-state index in [1.807, 2.05) is 6.92 Å². The molecule has 2 N–H and O–H groups in total. The van der Waals surface area contributed by atoms with Gasteiger partial charge in [-0.05, 0) is 31.9 Å². The second-order valence-electron chi connectivity index (χ2n) is 6.45. The smallest absolute Gasteiger partial charge is 0.475 e. The number of aryl methyl sites for hydroxylation is 1. The van der Waals surface area contributed by atoms with Crippen molar-refractivity contribution in [1.29, 1.82) is 0 Å². The number of thiazole rings is 1. The number of hydrogen-bond donors (Lipinski definition) is 2. The van der Waals surface area contributed by atoms with Gasteiger partial charge in [-0.2, -0.15) is 13.2 Å². The highest BCUT2D eigenvalue weighted by Crippen LogP contribution is 2.22. The number of carboxylic acids is 1. The van der Waals surface area contributed by atoms with Gasteiger partial charge in [0.25, 0.3) is 0 Å². The largest absolute Gasteiger partial charge is 0.490 e. The lowest BCUT2D eigenvalue weighted by molar-refractivity contribution is -0.192. The number of ether oxygens (including phenoxy) is 1. The normalized spacial score (nSPS) is 19.6. The summed E-state index contributed by atoms with van der Waals surface area (Å²) in [6, 6.07) is 10.7. The lowest BCUT2D eigenvalue weighted by Crippen LogP contribution is -2.42. The Bertz CT molecular complexity index is 738. The predicted molar refractivity (Wildman–Crippen MR) is 100 cm³/mol. The number of halogens is 3. The molecule has 3 rings (SSSR count). The average Bonchev–Trinajstić information content (AvgIpc) is 3.07. The fourth-order valence-electron chi connectivity index (χ4n) is 2.91. The fraction of sp³-hybridized carbons (Fsp3) is 0.474. The summed E-state index contributed by atoms with van der Waals surface area (Å²) in [4.78, 5) is 13.4. The van der Waals surface area contributed by atoms with E-state index in [0.717, 1.165) is 36.6 Å². The van der Waals surface area contributed by atoms with E-state index in [0.29, 0.717) is 18.6 Å². The van der Waals surface area contributed by atoms with E-state index < -0.39 is 12.1 Å². The lowest BCUT2D eigenvalue weighted by atomic mass is 9.89. The second kappa shape index (κ2) is 10.5. The standard InChI is InChI=1S/C17H22N2OS.C2HF3O2/c1-13-19-16(12-21-13)11-20-17-7-8-18-10-15(17)9-14-5-3-2-4-6-14;3-2(4,5)1(6)7/h2-6,12,15,17-18H,7-11H2,1H3;(H,6,7)/t15-,17-;/m0./s1. The molecule has 0 aliphatic carbocycles. The first-order chi connectivity index (χ1) is 13.3. The molecule has 0 unspecified atom stereocenters. The monoisotopic (exact) mass is 416 g/mol.